The fourth-order valence-electron chi connectivity index (χ4n) is 5.01. The number of alkyl halides is 2. The minimum absolute atomic E-state index is 0.0479. The zero-order valence-electron chi connectivity index (χ0n) is 16.9. The third-order valence-electron chi connectivity index (χ3n) is 7.06. The van der Waals surface area contributed by atoms with Crippen LogP contribution in [0, 0.1) is 18.7 Å². The van der Waals surface area contributed by atoms with Crippen LogP contribution in [0.25, 0.3) is 10.9 Å². The predicted octanol–water partition coefficient (Wildman–Crippen LogP) is 2.28. The highest BCUT2D eigenvalue weighted by Crippen LogP contribution is 2.48. The number of fused-ring (bicyclic) bond motifs is 1. The van der Waals surface area contributed by atoms with Gasteiger partial charge in [0, 0.05) is 37.2 Å². The first kappa shape index (κ1) is 20.2. The van der Waals surface area contributed by atoms with Gasteiger partial charge in [0.25, 0.3) is 0 Å². The summed E-state index contributed by atoms with van der Waals surface area (Å²) in [5.74, 6) is -2.85. The van der Waals surface area contributed by atoms with E-state index in [1.165, 1.54) is 4.57 Å². The second-order valence-electron chi connectivity index (χ2n) is 9.09. The Morgan fingerprint density at radius 1 is 1.26 bits per heavy atom. The van der Waals surface area contributed by atoms with Gasteiger partial charge in [0.2, 0.25) is 5.43 Å². The lowest BCUT2D eigenvalue weighted by Gasteiger charge is -2.26. The molecule has 1 aromatic heterocycles. The molecule has 4 atom stereocenters. The van der Waals surface area contributed by atoms with Crippen molar-refractivity contribution in [3.8, 4) is 0 Å². The summed E-state index contributed by atoms with van der Waals surface area (Å²) < 4.78 is 45.5. The number of pyridine rings is 1. The van der Waals surface area contributed by atoms with Crippen molar-refractivity contribution in [2.75, 3.05) is 23.7 Å². The van der Waals surface area contributed by atoms with Crippen LogP contribution in [0.1, 0.15) is 41.2 Å². The Hall–Kier alpha value is -2.75. The first-order valence-corrected chi connectivity index (χ1v) is 10.3. The molecule has 2 heterocycles. The topological polar surface area (TPSA) is 115 Å². The molecule has 1 saturated heterocycles. The lowest BCUT2D eigenvalue weighted by atomic mass is 9.96. The average molecular weight is 436 g/mol. The number of rotatable bonds is 4. The monoisotopic (exact) mass is 436 g/mol. The summed E-state index contributed by atoms with van der Waals surface area (Å²) >= 11 is 0. The normalized spacial score (nSPS) is 28.9. The molecule has 3 aliphatic rings. The summed E-state index contributed by atoms with van der Waals surface area (Å²) in [6, 6.07) is -0.670. The number of aromatic carboxylic acids is 1. The first-order chi connectivity index (χ1) is 14.5. The molecule has 7 nitrogen and oxygen atoms in total. The standard InChI is InChI=1S/C21H23F3N4O3/c1-8-17-14(19(29)9(20(30)31)5-28(17)13-4-11(13)22)16(25)15(24)18(8)27-6-10(12(23)7-27)21(26)2-3-21/h5,10-13H,2-4,6-7,25-26H2,1H3,(H,30,31)/t10-,11-,12+,13?/m0/s1. The Morgan fingerprint density at radius 3 is 2.45 bits per heavy atom. The Morgan fingerprint density at radius 2 is 1.90 bits per heavy atom. The number of benzene rings is 1. The highest BCUT2D eigenvalue weighted by molar-refractivity contribution is 6.01. The number of carbonyl (C=O) groups is 1. The molecule has 5 N–H and O–H groups in total. The molecule has 5 rings (SSSR count). The summed E-state index contributed by atoms with van der Waals surface area (Å²) in [6.07, 6.45) is 0.222. The molecular formula is C21H23F3N4O3. The van der Waals surface area contributed by atoms with E-state index in [1.54, 1.807) is 11.8 Å². The van der Waals surface area contributed by atoms with Crippen molar-refractivity contribution in [3.05, 3.63) is 33.4 Å². The smallest absolute Gasteiger partial charge is 0.341 e. The van der Waals surface area contributed by atoms with Gasteiger partial charge in [-0.05, 0) is 25.3 Å². The van der Waals surface area contributed by atoms with Gasteiger partial charge in [0.1, 0.15) is 17.9 Å². The van der Waals surface area contributed by atoms with E-state index in [1.807, 2.05) is 0 Å². The van der Waals surface area contributed by atoms with Crippen LogP contribution in [0.4, 0.5) is 24.5 Å². The SMILES string of the molecule is Cc1c(N2C[C@@H](F)[C@@H](C3(N)CC3)C2)c(F)c(N)c2c(=O)c(C(=O)O)cn(C3C[C@@H]3F)c12. The van der Waals surface area contributed by atoms with E-state index in [4.69, 9.17) is 11.5 Å². The molecule has 2 aromatic rings. The molecule has 166 valence electrons. The van der Waals surface area contributed by atoms with Crippen molar-refractivity contribution < 1.29 is 23.1 Å². The molecular weight excluding hydrogens is 413 g/mol. The highest BCUT2D eigenvalue weighted by Gasteiger charge is 2.53. The van der Waals surface area contributed by atoms with Crippen molar-refractivity contribution in [2.45, 2.75) is 50.1 Å². The molecule has 1 aromatic carbocycles. The molecule has 1 aliphatic heterocycles. The summed E-state index contributed by atoms with van der Waals surface area (Å²) in [7, 11) is 0. The third-order valence-corrected chi connectivity index (χ3v) is 7.06. The number of aromatic nitrogens is 1. The van der Waals surface area contributed by atoms with Crippen LogP contribution >= 0.6 is 0 Å². The van der Waals surface area contributed by atoms with Gasteiger partial charge in [0.15, 0.2) is 5.82 Å². The maximum atomic E-state index is 15.5. The third kappa shape index (κ3) is 2.84. The molecule has 2 aliphatic carbocycles. The van der Waals surface area contributed by atoms with E-state index in [2.05, 4.69) is 0 Å². The number of hydrogen-bond acceptors (Lipinski definition) is 5. The largest absolute Gasteiger partial charge is 0.477 e. The summed E-state index contributed by atoms with van der Waals surface area (Å²) in [4.78, 5) is 25.9. The van der Waals surface area contributed by atoms with E-state index in [0.717, 1.165) is 6.20 Å². The van der Waals surface area contributed by atoms with Gasteiger partial charge in [-0.3, -0.25) is 4.79 Å². The van der Waals surface area contributed by atoms with E-state index < -0.39 is 58.3 Å². The van der Waals surface area contributed by atoms with Gasteiger partial charge in [-0.15, -0.1) is 0 Å². The summed E-state index contributed by atoms with van der Waals surface area (Å²) in [5.41, 5.74) is 10.1. The number of nitrogens with zero attached hydrogens (tertiary/aromatic N) is 2. The molecule has 0 bridgehead atoms. The molecule has 31 heavy (non-hydrogen) atoms. The van der Waals surface area contributed by atoms with Crippen LogP contribution in [-0.4, -0.2) is 46.6 Å². The van der Waals surface area contributed by atoms with Gasteiger partial charge in [-0.1, -0.05) is 0 Å². The second kappa shape index (κ2) is 6.38. The van der Waals surface area contributed by atoms with Gasteiger partial charge in [-0.25, -0.2) is 18.0 Å². The van der Waals surface area contributed by atoms with Crippen LogP contribution in [0.5, 0.6) is 0 Å². The van der Waals surface area contributed by atoms with Crippen molar-refractivity contribution >= 4 is 28.2 Å². The fourth-order valence-corrected chi connectivity index (χ4v) is 5.01. The zero-order chi connectivity index (χ0) is 22.4. The first-order valence-electron chi connectivity index (χ1n) is 10.3. The zero-order valence-corrected chi connectivity index (χ0v) is 16.9. The Labute approximate surface area is 175 Å². The maximum absolute atomic E-state index is 15.5. The number of carboxylic acid groups (broad SMARTS) is 1. The van der Waals surface area contributed by atoms with Crippen LogP contribution in [-0.2, 0) is 0 Å². The van der Waals surface area contributed by atoms with Gasteiger partial charge in [0.05, 0.1) is 28.3 Å². The van der Waals surface area contributed by atoms with E-state index in [0.29, 0.717) is 18.4 Å². The van der Waals surface area contributed by atoms with E-state index in [-0.39, 0.29) is 36.1 Å². The molecule has 0 amide bonds. The van der Waals surface area contributed by atoms with E-state index in [9.17, 15) is 23.5 Å². The van der Waals surface area contributed by atoms with Crippen LogP contribution in [0.15, 0.2) is 11.0 Å². The quantitative estimate of drug-likeness (QED) is 0.634. The average Bonchev–Trinajstić information content (AvgIpc) is 3.58. The number of carboxylic acids is 1. The summed E-state index contributed by atoms with van der Waals surface area (Å²) in [5, 5.41) is 9.12. The lowest BCUT2D eigenvalue weighted by molar-refractivity contribution is 0.0694. The number of anilines is 2. The lowest BCUT2D eigenvalue weighted by Crippen LogP contribution is -2.38. The number of nitrogen functional groups attached to an aromatic ring is 1. The Kier molecular flexibility index (Phi) is 4.15. The maximum Gasteiger partial charge on any atom is 0.341 e. The predicted molar refractivity (Wildman–Crippen MR) is 110 cm³/mol. The fraction of sp³-hybridized carbons (Fsp3) is 0.524. The minimum Gasteiger partial charge on any atom is -0.477 e. The Bertz CT molecular complexity index is 1190. The van der Waals surface area contributed by atoms with Crippen molar-refractivity contribution in [1.29, 1.82) is 0 Å². The van der Waals surface area contributed by atoms with Crippen LogP contribution in [0.2, 0.25) is 0 Å². The highest BCUT2D eigenvalue weighted by atomic mass is 19.1. The minimum atomic E-state index is -1.50. The number of aryl methyl sites for hydroxylation is 1. The van der Waals surface area contributed by atoms with Crippen LogP contribution in [0.3, 0.4) is 0 Å². The van der Waals surface area contributed by atoms with Crippen molar-refractivity contribution in [1.82, 2.24) is 4.57 Å². The van der Waals surface area contributed by atoms with Gasteiger partial charge >= 0.3 is 5.97 Å². The summed E-state index contributed by atoms with van der Waals surface area (Å²) in [6.45, 7) is 1.69. The molecule has 2 saturated carbocycles. The van der Waals surface area contributed by atoms with Crippen LogP contribution < -0.4 is 21.8 Å². The molecule has 10 heteroatoms. The molecule has 0 radical (unpaired) electrons. The molecule has 1 unspecified atom stereocenters. The van der Waals surface area contributed by atoms with E-state index >= 15 is 4.39 Å². The van der Waals surface area contributed by atoms with Crippen molar-refractivity contribution in [2.24, 2.45) is 11.7 Å². The van der Waals surface area contributed by atoms with Gasteiger partial charge in [-0.2, -0.15) is 0 Å². The second-order valence-corrected chi connectivity index (χ2v) is 9.09. The number of halogens is 3. The molecule has 0 spiro atoms. The molecule has 3 fully saturated rings. The Balaban J connectivity index is 1.74. The van der Waals surface area contributed by atoms with Gasteiger partial charge < -0.3 is 26.0 Å². The number of nitrogens with two attached hydrogens (primary N) is 2. The van der Waals surface area contributed by atoms with Crippen molar-refractivity contribution in [3.63, 3.8) is 0 Å². The number of hydrogen-bond donors (Lipinski definition) is 3.